The Kier molecular flexibility index (Phi) is 9.58. The summed E-state index contributed by atoms with van der Waals surface area (Å²) in [4.78, 5) is 57.6. The monoisotopic (exact) mass is 601 g/mol. The third-order valence-electron chi connectivity index (χ3n) is 6.87. The molecule has 0 aliphatic heterocycles. The molecule has 1 atom stereocenters. The fraction of sp³-hybridized carbons (Fsp3) is 0.156. The van der Waals surface area contributed by atoms with Gasteiger partial charge in [-0.05, 0) is 58.5 Å². The zero-order valence-electron chi connectivity index (χ0n) is 23.5. The molecule has 0 radical (unpaired) electrons. The first-order valence-corrected chi connectivity index (χ1v) is 15.0. The number of nitrogens with one attached hydrogen (secondary N) is 3. The van der Waals surface area contributed by atoms with Crippen LogP contribution in [0.1, 0.15) is 30.5 Å². The van der Waals surface area contributed by atoms with Crippen molar-refractivity contribution in [3.8, 4) is 11.1 Å². The Morgan fingerprint density at radius 2 is 1.14 bits per heavy atom. The number of hydrogen-bond donors (Lipinski definition) is 6. The summed E-state index contributed by atoms with van der Waals surface area (Å²) in [6, 6.07) is 27.1. The Balaban J connectivity index is 1.78. The molecule has 1 unspecified atom stereocenters. The third kappa shape index (κ3) is 7.43. The fourth-order valence-electron chi connectivity index (χ4n) is 4.90. The number of anilines is 2. The van der Waals surface area contributed by atoms with Gasteiger partial charge in [0.15, 0.2) is 5.28 Å². The minimum Gasteiger partial charge on any atom is -0.480 e. The quantitative estimate of drug-likeness (QED) is 0.132. The predicted octanol–water partition coefficient (Wildman–Crippen LogP) is 4.93. The maximum absolute atomic E-state index is 13.5. The van der Waals surface area contributed by atoms with E-state index in [1.54, 1.807) is 12.1 Å². The van der Waals surface area contributed by atoms with Crippen LogP contribution in [0.25, 0.3) is 11.1 Å². The summed E-state index contributed by atoms with van der Waals surface area (Å²) >= 11 is 0. The van der Waals surface area contributed by atoms with Gasteiger partial charge in [0.25, 0.3) is 0 Å². The number of carbonyl (C=O) groups is 3. The first-order valence-electron chi connectivity index (χ1n) is 13.4. The zero-order chi connectivity index (χ0) is 31.2. The van der Waals surface area contributed by atoms with Gasteiger partial charge in [-0.25, -0.2) is 0 Å². The van der Waals surface area contributed by atoms with Gasteiger partial charge in [-0.2, -0.15) is 0 Å². The van der Waals surface area contributed by atoms with E-state index in [0.717, 1.165) is 11.1 Å². The van der Waals surface area contributed by atoms with E-state index in [-0.39, 0.29) is 29.4 Å². The number of aliphatic carboxylic acids is 1. The Morgan fingerprint density at radius 3 is 1.53 bits per heavy atom. The van der Waals surface area contributed by atoms with Crippen molar-refractivity contribution >= 4 is 36.8 Å². The van der Waals surface area contributed by atoms with Gasteiger partial charge in [0.1, 0.15) is 6.04 Å². The van der Waals surface area contributed by atoms with Crippen molar-refractivity contribution in [2.45, 2.75) is 31.6 Å². The van der Waals surface area contributed by atoms with Gasteiger partial charge in [0.05, 0.1) is 0 Å². The van der Waals surface area contributed by atoms with Gasteiger partial charge in [-0.15, -0.1) is 0 Å². The molecular weight excluding hydrogens is 569 g/mol. The highest BCUT2D eigenvalue weighted by atomic mass is 31.2. The lowest BCUT2D eigenvalue weighted by atomic mass is 9.94. The van der Waals surface area contributed by atoms with Gasteiger partial charge in [-0.3, -0.25) is 24.3 Å². The number of carboxylic acids is 1. The SMILES string of the molecule is CC(=O)Nc1ccc(C(NC(Cc2ccc(-c3ccccc3)cc2)C(=O)O)(c2ccc(NC(C)=O)cc2)P(=O)(O)O)cc1. The van der Waals surface area contributed by atoms with E-state index in [2.05, 4.69) is 16.0 Å². The van der Waals surface area contributed by atoms with Crippen molar-refractivity contribution in [2.75, 3.05) is 10.6 Å². The summed E-state index contributed by atoms with van der Waals surface area (Å²) in [5.74, 6) is -1.97. The number of rotatable bonds is 11. The van der Waals surface area contributed by atoms with Crippen molar-refractivity contribution in [1.29, 1.82) is 0 Å². The largest absolute Gasteiger partial charge is 0.480 e. The second-order valence-corrected chi connectivity index (χ2v) is 11.8. The van der Waals surface area contributed by atoms with Crippen molar-refractivity contribution in [1.82, 2.24) is 5.32 Å². The molecule has 0 bridgehead atoms. The average molecular weight is 602 g/mol. The predicted molar refractivity (Wildman–Crippen MR) is 164 cm³/mol. The summed E-state index contributed by atoms with van der Waals surface area (Å²) in [5.41, 5.74) is 3.51. The van der Waals surface area contributed by atoms with Gasteiger partial charge >= 0.3 is 13.6 Å². The lowest BCUT2D eigenvalue weighted by Gasteiger charge is -2.38. The van der Waals surface area contributed by atoms with Crippen LogP contribution in [0.5, 0.6) is 0 Å². The Bertz CT molecular complexity index is 1580. The highest BCUT2D eigenvalue weighted by Crippen LogP contribution is 2.59. The van der Waals surface area contributed by atoms with E-state index in [1.165, 1.54) is 62.4 Å². The molecule has 222 valence electrons. The van der Waals surface area contributed by atoms with Crippen LogP contribution in [0, 0.1) is 0 Å². The first kappa shape index (κ1) is 31.3. The van der Waals surface area contributed by atoms with E-state index in [1.807, 2.05) is 42.5 Å². The second kappa shape index (κ2) is 13.1. The molecule has 4 aromatic carbocycles. The molecule has 6 N–H and O–H groups in total. The zero-order valence-corrected chi connectivity index (χ0v) is 24.4. The van der Waals surface area contributed by atoms with Crippen LogP contribution < -0.4 is 16.0 Å². The van der Waals surface area contributed by atoms with Gasteiger partial charge in [0, 0.05) is 25.2 Å². The van der Waals surface area contributed by atoms with Crippen molar-refractivity contribution in [2.24, 2.45) is 0 Å². The molecule has 0 saturated carbocycles. The standard InChI is InChI=1S/C32H32N3O7P/c1-21(36)33-28-16-12-26(13-17-28)32(43(40,41)42,27-14-18-29(19-15-27)34-22(2)37)35-30(31(38)39)20-23-8-10-25(11-9-23)24-6-4-3-5-7-24/h3-19,30,35H,20H2,1-2H3,(H,33,36)(H,34,37)(H,38,39)(H2,40,41,42). The molecule has 0 fully saturated rings. The van der Waals surface area contributed by atoms with Crippen molar-refractivity contribution < 1.29 is 33.8 Å². The normalized spacial score (nSPS) is 12.3. The molecule has 4 aromatic rings. The lowest BCUT2D eigenvalue weighted by molar-refractivity contribution is -0.139. The van der Waals surface area contributed by atoms with E-state index >= 15 is 0 Å². The van der Waals surface area contributed by atoms with E-state index < -0.39 is 24.9 Å². The van der Waals surface area contributed by atoms with Gasteiger partial charge in [-0.1, -0.05) is 78.9 Å². The minimum atomic E-state index is -5.23. The highest BCUT2D eigenvalue weighted by molar-refractivity contribution is 7.53. The maximum atomic E-state index is 13.5. The smallest absolute Gasteiger partial charge is 0.354 e. The topological polar surface area (TPSA) is 165 Å². The molecule has 4 rings (SSSR count). The molecule has 0 aliphatic rings. The maximum Gasteiger partial charge on any atom is 0.354 e. The Hall–Kier alpha value is -4.60. The number of carboxylic acid groups (broad SMARTS) is 1. The molecule has 0 heterocycles. The van der Waals surface area contributed by atoms with Crippen LogP contribution in [0.2, 0.25) is 0 Å². The molecule has 0 aliphatic carbocycles. The van der Waals surface area contributed by atoms with E-state index in [0.29, 0.717) is 16.9 Å². The van der Waals surface area contributed by atoms with Crippen molar-refractivity contribution in [3.63, 3.8) is 0 Å². The summed E-state index contributed by atoms with van der Waals surface area (Å²) in [6.07, 6.45) is -0.0832. The molecular formula is C32H32N3O7P. The minimum absolute atomic E-state index is 0.0767. The van der Waals surface area contributed by atoms with Crippen LogP contribution in [0.4, 0.5) is 11.4 Å². The second-order valence-electron chi connectivity index (χ2n) is 10.1. The molecule has 11 heteroatoms. The number of carbonyl (C=O) groups excluding carboxylic acids is 2. The molecule has 0 spiro atoms. The number of benzene rings is 4. The Morgan fingerprint density at radius 1 is 0.698 bits per heavy atom. The number of hydrogen-bond acceptors (Lipinski definition) is 5. The lowest BCUT2D eigenvalue weighted by Crippen LogP contribution is -2.52. The summed E-state index contributed by atoms with van der Waals surface area (Å²) in [7, 11) is -5.23. The molecule has 2 amide bonds. The Labute approximate surface area is 249 Å². The first-order chi connectivity index (χ1) is 20.4. The summed E-state index contributed by atoms with van der Waals surface area (Å²) in [6.45, 7) is 2.66. The van der Waals surface area contributed by atoms with Crippen LogP contribution in [0.3, 0.4) is 0 Å². The van der Waals surface area contributed by atoms with Crippen LogP contribution >= 0.6 is 7.60 Å². The van der Waals surface area contributed by atoms with Crippen LogP contribution in [0.15, 0.2) is 103 Å². The van der Waals surface area contributed by atoms with Crippen molar-refractivity contribution in [3.05, 3.63) is 120 Å². The summed E-state index contributed by atoms with van der Waals surface area (Å²) in [5, 5.41) is 16.0. The highest BCUT2D eigenvalue weighted by Gasteiger charge is 2.52. The van der Waals surface area contributed by atoms with Gasteiger partial charge in [0.2, 0.25) is 11.8 Å². The molecule has 0 saturated heterocycles. The number of amides is 2. The average Bonchev–Trinajstić information content (AvgIpc) is 2.96. The molecule has 10 nitrogen and oxygen atoms in total. The van der Waals surface area contributed by atoms with Gasteiger partial charge < -0.3 is 25.5 Å². The molecule has 43 heavy (non-hydrogen) atoms. The molecule has 0 aromatic heterocycles. The summed E-state index contributed by atoms with van der Waals surface area (Å²) < 4.78 is 13.5. The van der Waals surface area contributed by atoms with E-state index in [4.69, 9.17) is 0 Å². The third-order valence-corrected chi connectivity index (χ3v) is 8.38. The van der Waals surface area contributed by atoms with Crippen LogP contribution in [-0.4, -0.2) is 38.7 Å². The van der Waals surface area contributed by atoms with Crippen LogP contribution in [-0.2, 0) is 30.6 Å². The van der Waals surface area contributed by atoms with E-state index in [9.17, 15) is 33.8 Å². The fourth-order valence-corrected chi connectivity index (χ4v) is 6.20.